The van der Waals surface area contributed by atoms with Crippen LogP contribution in [0.25, 0.3) is 5.76 Å². The van der Waals surface area contributed by atoms with Gasteiger partial charge in [-0.25, -0.2) is 4.79 Å². The fraction of sp³-hybridized carbons (Fsp3) is 0.233. The van der Waals surface area contributed by atoms with Crippen molar-refractivity contribution in [1.82, 2.24) is 0 Å². The molecule has 1 aliphatic rings. The Bertz CT molecular complexity index is 1380. The first kappa shape index (κ1) is 25.7. The fourth-order valence-corrected chi connectivity index (χ4v) is 4.36. The lowest BCUT2D eigenvalue weighted by Crippen LogP contribution is -2.29. The van der Waals surface area contributed by atoms with E-state index >= 15 is 0 Å². The third kappa shape index (κ3) is 5.26. The van der Waals surface area contributed by atoms with Gasteiger partial charge in [0.25, 0.3) is 11.7 Å². The van der Waals surface area contributed by atoms with E-state index in [4.69, 9.17) is 9.47 Å². The van der Waals surface area contributed by atoms with E-state index in [1.807, 2.05) is 32.0 Å². The summed E-state index contributed by atoms with van der Waals surface area (Å²) in [6, 6.07) is 19.7. The molecule has 3 aromatic rings. The predicted molar refractivity (Wildman–Crippen MR) is 141 cm³/mol. The summed E-state index contributed by atoms with van der Waals surface area (Å²) in [6.07, 6.45) is 0.819. The Morgan fingerprint density at radius 1 is 0.946 bits per heavy atom. The van der Waals surface area contributed by atoms with Crippen LogP contribution in [-0.2, 0) is 14.3 Å². The maximum Gasteiger partial charge on any atom is 0.338 e. The van der Waals surface area contributed by atoms with Crippen LogP contribution in [0.4, 0.5) is 5.69 Å². The minimum absolute atomic E-state index is 0.0372. The van der Waals surface area contributed by atoms with Crippen LogP contribution in [0.3, 0.4) is 0 Å². The van der Waals surface area contributed by atoms with Gasteiger partial charge in [0, 0.05) is 11.3 Å². The molecule has 1 amide bonds. The number of carbonyl (C=O) groups excluding carboxylic acids is 3. The highest BCUT2D eigenvalue weighted by Crippen LogP contribution is 2.42. The fourth-order valence-electron chi connectivity index (χ4n) is 4.36. The standard InChI is InChI=1S/C30H29NO6/c1-4-15-37-24-14-8-11-21(18-24)27(32)25-26(20-10-6-9-19(3)16-20)31(29(34)28(25)33)23-13-7-12-22(17-23)30(35)36-5-2/h6-14,16-18,26,32H,4-5,15H2,1-3H3/b27-25+. The SMILES string of the molecule is CCCOc1cccc(/C(O)=C2\C(=O)C(=O)N(c3cccc(C(=O)OCC)c3)C2c2cccc(C)c2)c1. The summed E-state index contributed by atoms with van der Waals surface area (Å²) in [4.78, 5) is 40.5. The van der Waals surface area contributed by atoms with Gasteiger partial charge in [-0.15, -0.1) is 0 Å². The van der Waals surface area contributed by atoms with Crippen LogP contribution in [-0.4, -0.2) is 36.0 Å². The Morgan fingerprint density at radius 2 is 1.68 bits per heavy atom. The van der Waals surface area contributed by atoms with Gasteiger partial charge >= 0.3 is 5.97 Å². The van der Waals surface area contributed by atoms with Crippen molar-refractivity contribution in [3.63, 3.8) is 0 Å². The lowest BCUT2D eigenvalue weighted by Gasteiger charge is -2.26. The summed E-state index contributed by atoms with van der Waals surface area (Å²) in [5, 5.41) is 11.4. The molecule has 3 aromatic carbocycles. The summed E-state index contributed by atoms with van der Waals surface area (Å²) < 4.78 is 10.8. The average Bonchev–Trinajstić information content (AvgIpc) is 3.17. The van der Waals surface area contributed by atoms with Gasteiger partial charge in [-0.3, -0.25) is 14.5 Å². The molecule has 37 heavy (non-hydrogen) atoms. The number of carbonyl (C=O) groups is 3. The molecule has 0 aliphatic carbocycles. The highest BCUT2D eigenvalue weighted by atomic mass is 16.5. The molecule has 0 spiro atoms. The molecule has 0 radical (unpaired) electrons. The van der Waals surface area contributed by atoms with E-state index in [-0.39, 0.29) is 23.5 Å². The zero-order valence-electron chi connectivity index (χ0n) is 21.1. The second-order valence-electron chi connectivity index (χ2n) is 8.73. The summed E-state index contributed by atoms with van der Waals surface area (Å²) in [5.74, 6) is -1.89. The van der Waals surface area contributed by atoms with E-state index in [0.29, 0.717) is 29.2 Å². The molecule has 7 nitrogen and oxygen atoms in total. The Morgan fingerprint density at radius 3 is 2.41 bits per heavy atom. The monoisotopic (exact) mass is 499 g/mol. The van der Waals surface area contributed by atoms with E-state index in [9.17, 15) is 19.5 Å². The number of hydrogen-bond donors (Lipinski definition) is 1. The third-order valence-electron chi connectivity index (χ3n) is 6.02. The van der Waals surface area contributed by atoms with Crippen molar-refractivity contribution in [1.29, 1.82) is 0 Å². The molecule has 1 fully saturated rings. The Kier molecular flexibility index (Phi) is 7.72. The molecular weight excluding hydrogens is 470 g/mol. The first-order chi connectivity index (χ1) is 17.8. The van der Waals surface area contributed by atoms with Crippen molar-refractivity contribution in [2.75, 3.05) is 18.1 Å². The zero-order chi connectivity index (χ0) is 26.5. The summed E-state index contributed by atoms with van der Waals surface area (Å²) >= 11 is 0. The minimum Gasteiger partial charge on any atom is -0.507 e. The highest BCUT2D eigenvalue weighted by molar-refractivity contribution is 6.51. The first-order valence-electron chi connectivity index (χ1n) is 12.2. The lowest BCUT2D eigenvalue weighted by molar-refractivity contribution is -0.132. The molecule has 1 atom stereocenters. The number of anilines is 1. The van der Waals surface area contributed by atoms with Crippen molar-refractivity contribution in [2.24, 2.45) is 0 Å². The lowest BCUT2D eigenvalue weighted by atomic mass is 9.94. The number of esters is 1. The molecule has 0 bridgehead atoms. The number of hydrogen-bond acceptors (Lipinski definition) is 6. The van der Waals surface area contributed by atoms with Gasteiger partial charge in [0.2, 0.25) is 0 Å². The van der Waals surface area contributed by atoms with Crippen LogP contribution in [0.1, 0.15) is 53.4 Å². The van der Waals surface area contributed by atoms with Gasteiger partial charge < -0.3 is 14.6 Å². The maximum absolute atomic E-state index is 13.4. The molecule has 1 unspecified atom stereocenters. The van der Waals surface area contributed by atoms with Crippen molar-refractivity contribution in [2.45, 2.75) is 33.2 Å². The Labute approximate surface area is 215 Å². The zero-order valence-corrected chi connectivity index (χ0v) is 21.1. The number of ketones is 1. The number of nitrogens with zero attached hydrogens (tertiary/aromatic N) is 1. The summed E-state index contributed by atoms with van der Waals surface area (Å²) in [7, 11) is 0. The maximum atomic E-state index is 13.4. The van der Waals surface area contributed by atoms with Crippen LogP contribution in [0.2, 0.25) is 0 Å². The molecule has 1 N–H and O–H groups in total. The smallest absolute Gasteiger partial charge is 0.338 e. The number of rotatable bonds is 8. The number of amides is 1. The molecule has 1 saturated heterocycles. The largest absolute Gasteiger partial charge is 0.507 e. The molecule has 7 heteroatoms. The predicted octanol–water partition coefficient (Wildman–Crippen LogP) is 5.59. The molecule has 1 aliphatic heterocycles. The Balaban J connectivity index is 1.88. The third-order valence-corrected chi connectivity index (χ3v) is 6.02. The van der Waals surface area contributed by atoms with Gasteiger partial charge in [-0.05, 0) is 56.2 Å². The van der Waals surface area contributed by atoms with Crippen molar-refractivity contribution >= 4 is 29.1 Å². The van der Waals surface area contributed by atoms with Gasteiger partial charge in [0.15, 0.2) is 0 Å². The molecule has 1 heterocycles. The quantitative estimate of drug-likeness (QED) is 0.188. The van der Waals surface area contributed by atoms with E-state index in [1.54, 1.807) is 55.5 Å². The second kappa shape index (κ2) is 11.1. The normalized spacial score (nSPS) is 16.6. The van der Waals surface area contributed by atoms with Crippen molar-refractivity contribution < 1.29 is 29.0 Å². The van der Waals surface area contributed by atoms with Gasteiger partial charge in [-0.1, -0.05) is 55.0 Å². The van der Waals surface area contributed by atoms with Gasteiger partial charge in [0.05, 0.1) is 30.4 Å². The van der Waals surface area contributed by atoms with E-state index in [1.165, 1.54) is 11.0 Å². The van der Waals surface area contributed by atoms with Crippen LogP contribution < -0.4 is 9.64 Å². The number of benzene rings is 3. The minimum atomic E-state index is -0.905. The van der Waals surface area contributed by atoms with Crippen LogP contribution >= 0.6 is 0 Å². The van der Waals surface area contributed by atoms with Crippen LogP contribution in [0.15, 0.2) is 78.4 Å². The summed E-state index contributed by atoms with van der Waals surface area (Å²) in [6.45, 7) is 6.32. The van der Waals surface area contributed by atoms with Gasteiger partial charge in [0.1, 0.15) is 11.5 Å². The molecular formula is C30H29NO6. The number of aliphatic hydroxyl groups excluding tert-OH is 1. The number of aliphatic hydroxyl groups is 1. The molecule has 0 saturated carbocycles. The van der Waals surface area contributed by atoms with Crippen LogP contribution in [0, 0.1) is 6.92 Å². The Hall–Kier alpha value is -4.39. The van der Waals surface area contributed by atoms with E-state index in [2.05, 4.69) is 0 Å². The van der Waals surface area contributed by atoms with E-state index in [0.717, 1.165) is 12.0 Å². The average molecular weight is 500 g/mol. The number of ether oxygens (including phenoxy) is 2. The number of Topliss-reactive ketones (excluding diaryl/α,β-unsaturated/α-hetero) is 1. The van der Waals surface area contributed by atoms with Crippen LogP contribution in [0.5, 0.6) is 5.75 Å². The van der Waals surface area contributed by atoms with Crippen molar-refractivity contribution in [3.8, 4) is 5.75 Å². The highest BCUT2D eigenvalue weighted by Gasteiger charge is 2.47. The van der Waals surface area contributed by atoms with E-state index < -0.39 is 23.7 Å². The topological polar surface area (TPSA) is 93.1 Å². The van der Waals surface area contributed by atoms with Crippen molar-refractivity contribution in [3.05, 3.63) is 101 Å². The molecule has 0 aromatic heterocycles. The second-order valence-corrected chi connectivity index (χ2v) is 8.73. The number of aryl methyl sites for hydroxylation is 1. The molecule has 190 valence electrons. The van der Waals surface area contributed by atoms with Gasteiger partial charge in [-0.2, -0.15) is 0 Å². The molecule has 4 rings (SSSR count). The summed E-state index contributed by atoms with van der Waals surface area (Å²) in [5.41, 5.74) is 2.51. The first-order valence-corrected chi connectivity index (χ1v) is 12.2.